The first kappa shape index (κ1) is 11.3. The molecule has 0 bridgehead atoms. The lowest BCUT2D eigenvalue weighted by Gasteiger charge is -2.10. The lowest BCUT2D eigenvalue weighted by atomic mass is 9.95. The average Bonchev–Trinajstić information content (AvgIpc) is 2.17. The smallest absolute Gasteiger partial charge is 0.0193 e. The third kappa shape index (κ3) is 3.17. The van der Waals surface area contributed by atoms with Gasteiger partial charge in [-0.05, 0) is 35.8 Å². The van der Waals surface area contributed by atoms with Gasteiger partial charge in [0.15, 0.2) is 0 Å². The van der Waals surface area contributed by atoms with Crippen molar-refractivity contribution in [3.63, 3.8) is 0 Å². The molecule has 14 heavy (non-hydrogen) atoms. The van der Waals surface area contributed by atoms with Gasteiger partial charge in [0.25, 0.3) is 0 Å². The molecule has 0 amide bonds. The highest BCUT2D eigenvalue weighted by molar-refractivity contribution is 5.25. The molecule has 0 saturated carbocycles. The van der Waals surface area contributed by atoms with E-state index in [0.717, 1.165) is 5.92 Å². The van der Waals surface area contributed by atoms with Gasteiger partial charge in [-0.3, -0.25) is 0 Å². The maximum absolute atomic E-state index is 2.29. The summed E-state index contributed by atoms with van der Waals surface area (Å²) in [4.78, 5) is 0. The molecule has 1 unspecified atom stereocenters. The van der Waals surface area contributed by atoms with Gasteiger partial charge in [-0.1, -0.05) is 52.0 Å². The first-order valence-corrected chi connectivity index (χ1v) is 5.72. The predicted octanol–water partition coefficient (Wildman–Crippen LogP) is 4.40. The maximum atomic E-state index is 2.29. The van der Waals surface area contributed by atoms with Crippen LogP contribution in [0.5, 0.6) is 0 Å². The molecule has 0 aliphatic rings. The van der Waals surface area contributed by atoms with Crippen LogP contribution in [0, 0.1) is 5.92 Å². The quantitative estimate of drug-likeness (QED) is 0.660. The van der Waals surface area contributed by atoms with Crippen molar-refractivity contribution in [3.05, 3.63) is 35.4 Å². The summed E-state index contributed by atoms with van der Waals surface area (Å²) in [6.07, 6.45) is 2.42. The Bertz CT molecular complexity index is 256. The molecule has 0 spiro atoms. The van der Waals surface area contributed by atoms with Crippen molar-refractivity contribution in [1.82, 2.24) is 0 Å². The highest BCUT2D eigenvalue weighted by atomic mass is 14.1. The Balaban J connectivity index is 2.68. The molecule has 1 aromatic rings. The monoisotopic (exact) mass is 190 g/mol. The topological polar surface area (TPSA) is 0 Å². The Morgan fingerprint density at radius 1 is 1.00 bits per heavy atom. The minimum atomic E-state index is 0.697. The fourth-order valence-electron chi connectivity index (χ4n) is 1.69. The molecule has 0 aliphatic heterocycles. The van der Waals surface area contributed by atoms with E-state index in [-0.39, 0.29) is 0 Å². The molecular weight excluding hydrogens is 168 g/mol. The zero-order chi connectivity index (χ0) is 10.6. The van der Waals surface area contributed by atoms with Crippen molar-refractivity contribution in [2.24, 2.45) is 5.92 Å². The van der Waals surface area contributed by atoms with Crippen molar-refractivity contribution in [2.45, 2.75) is 46.5 Å². The summed E-state index contributed by atoms with van der Waals surface area (Å²) in [5.74, 6) is 1.45. The summed E-state index contributed by atoms with van der Waals surface area (Å²) in [5, 5.41) is 0. The third-order valence-electron chi connectivity index (χ3n) is 2.81. The third-order valence-corrected chi connectivity index (χ3v) is 2.81. The van der Waals surface area contributed by atoms with E-state index in [1.165, 1.54) is 24.0 Å². The first-order chi connectivity index (χ1) is 6.63. The second kappa shape index (κ2) is 5.19. The first-order valence-electron chi connectivity index (χ1n) is 5.72. The van der Waals surface area contributed by atoms with E-state index < -0.39 is 0 Å². The minimum absolute atomic E-state index is 0.697. The van der Waals surface area contributed by atoms with Gasteiger partial charge in [-0.15, -0.1) is 0 Å². The molecule has 0 aromatic heterocycles. The summed E-state index contributed by atoms with van der Waals surface area (Å²) >= 11 is 0. The standard InChI is InChI=1S/C14H22/c1-5-12(4)14-8-6-13(7-9-14)10-11(2)3/h6-9,11-12H,5,10H2,1-4H3. The molecule has 0 radical (unpaired) electrons. The van der Waals surface area contributed by atoms with Gasteiger partial charge < -0.3 is 0 Å². The van der Waals surface area contributed by atoms with E-state index in [2.05, 4.69) is 52.0 Å². The Morgan fingerprint density at radius 2 is 1.57 bits per heavy atom. The molecular formula is C14H22. The predicted molar refractivity (Wildman–Crippen MR) is 63.7 cm³/mol. The molecule has 0 heteroatoms. The van der Waals surface area contributed by atoms with Crippen LogP contribution >= 0.6 is 0 Å². The lowest BCUT2D eigenvalue weighted by Crippen LogP contribution is -1.95. The minimum Gasteiger partial charge on any atom is -0.0648 e. The Labute approximate surface area is 88.4 Å². The van der Waals surface area contributed by atoms with Gasteiger partial charge in [0.05, 0.1) is 0 Å². The summed E-state index contributed by atoms with van der Waals surface area (Å²) < 4.78 is 0. The molecule has 0 heterocycles. The summed E-state index contributed by atoms with van der Waals surface area (Å²) in [7, 11) is 0. The fraction of sp³-hybridized carbons (Fsp3) is 0.571. The van der Waals surface area contributed by atoms with E-state index in [1.807, 2.05) is 0 Å². The van der Waals surface area contributed by atoms with Gasteiger partial charge in [0.2, 0.25) is 0 Å². The van der Waals surface area contributed by atoms with Crippen LogP contribution < -0.4 is 0 Å². The average molecular weight is 190 g/mol. The number of rotatable bonds is 4. The molecule has 1 aromatic carbocycles. The molecule has 0 nitrogen and oxygen atoms in total. The number of hydrogen-bond donors (Lipinski definition) is 0. The Morgan fingerprint density at radius 3 is 2.00 bits per heavy atom. The summed E-state index contributed by atoms with van der Waals surface area (Å²) in [6.45, 7) is 9.06. The van der Waals surface area contributed by atoms with Crippen molar-refractivity contribution in [2.75, 3.05) is 0 Å². The summed E-state index contributed by atoms with van der Waals surface area (Å²) in [6, 6.07) is 9.13. The second-order valence-corrected chi connectivity index (χ2v) is 4.65. The van der Waals surface area contributed by atoms with Crippen LogP contribution in [0.15, 0.2) is 24.3 Å². The number of benzene rings is 1. The van der Waals surface area contributed by atoms with Gasteiger partial charge >= 0.3 is 0 Å². The molecule has 0 fully saturated rings. The van der Waals surface area contributed by atoms with Crippen LogP contribution in [-0.4, -0.2) is 0 Å². The normalized spacial score (nSPS) is 13.2. The van der Waals surface area contributed by atoms with Gasteiger partial charge in [0, 0.05) is 0 Å². The zero-order valence-electron chi connectivity index (χ0n) is 9.88. The number of hydrogen-bond acceptors (Lipinski definition) is 0. The SMILES string of the molecule is CCC(C)c1ccc(CC(C)C)cc1. The molecule has 1 atom stereocenters. The van der Waals surface area contributed by atoms with E-state index in [9.17, 15) is 0 Å². The van der Waals surface area contributed by atoms with Crippen LogP contribution in [-0.2, 0) is 6.42 Å². The van der Waals surface area contributed by atoms with Crippen LogP contribution in [0.1, 0.15) is 51.2 Å². The highest BCUT2D eigenvalue weighted by Crippen LogP contribution is 2.19. The Hall–Kier alpha value is -0.780. The molecule has 78 valence electrons. The van der Waals surface area contributed by atoms with Gasteiger partial charge in [-0.2, -0.15) is 0 Å². The van der Waals surface area contributed by atoms with Gasteiger partial charge in [-0.25, -0.2) is 0 Å². The lowest BCUT2D eigenvalue weighted by molar-refractivity contribution is 0.646. The van der Waals surface area contributed by atoms with Crippen LogP contribution in [0.3, 0.4) is 0 Å². The van der Waals surface area contributed by atoms with E-state index in [0.29, 0.717) is 5.92 Å². The zero-order valence-corrected chi connectivity index (χ0v) is 9.88. The maximum Gasteiger partial charge on any atom is -0.0193 e. The Kier molecular flexibility index (Phi) is 4.19. The van der Waals surface area contributed by atoms with Crippen LogP contribution in [0.4, 0.5) is 0 Å². The van der Waals surface area contributed by atoms with Crippen LogP contribution in [0.25, 0.3) is 0 Å². The molecule has 1 rings (SSSR count). The van der Waals surface area contributed by atoms with Crippen molar-refractivity contribution in [1.29, 1.82) is 0 Å². The largest absolute Gasteiger partial charge is 0.0648 e. The molecule has 0 saturated heterocycles. The second-order valence-electron chi connectivity index (χ2n) is 4.65. The summed E-state index contributed by atoms with van der Waals surface area (Å²) in [5.41, 5.74) is 2.94. The van der Waals surface area contributed by atoms with E-state index >= 15 is 0 Å². The van der Waals surface area contributed by atoms with E-state index in [4.69, 9.17) is 0 Å². The van der Waals surface area contributed by atoms with Crippen molar-refractivity contribution < 1.29 is 0 Å². The highest BCUT2D eigenvalue weighted by Gasteiger charge is 2.02. The molecule has 0 aliphatic carbocycles. The van der Waals surface area contributed by atoms with Crippen molar-refractivity contribution >= 4 is 0 Å². The van der Waals surface area contributed by atoms with Gasteiger partial charge in [0.1, 0.15) is 0 Å². The van der Waals surface area contributed by atoms with E-state index in [1.54, 1.807) is 0 Å². The van der Waals surface area contributed by atoms with Crippen LogP contribution in [0.2, 0.25) is 0 Å². The fourth-order valence-corrected chi connectivity index (χ4v) is 1.69. The molecule has 0 N–H and O–H groups in total. The van der Waals surface area contributed by atoms with Crippen molar-refractivity contribution in [3.8, 4) is 0 Å².